The highest BCUT2D eigenvalue weighted by molar-refractivity contribution is 6.35. The van der Waals surface area contributed by atoms with Gasteiger partial charge in [0.05, 0.1) is 13.3 Å². The van der Waals surface area contributed by atoms with Crippen molar-refractivity contribution >= 4 is 29.6 Å². The molecule has 0 bridgehead atoms. The zero-order valence-corrected chi connectivity index (χ0v) is 19.1. The van der Waals surface area contributed by atoms with E-state index in [0.29, 0.717) is 28.7 Å². The third-order valence-corrected chi connectivity index (χ3v) is 4.91. The summed E-state index contributed by atoms with van der Waals surface area (Å²) in [5.74, 6) is -0.552. The Morgan fingerprint density at radius 3 is 2.33 bits per heavy atom. The number of amides is 2. The number of hydrazone groups is 1. The zero-order chi connectivity index (χ0) is 23.6. The molecule has 0 aromatic heterocycles. The molecule has 0 atom stereocenters. The maximum Gasteiger partial charge on any atom is 0.329 e. The molecule has 0 aliphatic rings. The monoisotopic (exact) mass is 465 g/mol. The molecule has 3 rings (SSSR count). The maximum atomic E-state index is 11.9. The highest BCUT2D eigenvalue weighted by Crippen LogP contribution is 2.28. The lowest BCUT2D eigenvalue weighted by atomic mass is 10.1. The van der Waals surface area contributed by atoms with E-state index >= 15 is 0 Å². The fraction of sp³-hybridized carbons (Fsp3) is 0.160. The van der Waals surface area contributed by atoms with Crippen LogP contribution in [0.1, 0.15) is 22.3 Å². The number of hydrogen-bond donors (Lipinski definition) is 2. The topological polar surface area (TPSA) is 89.0 Å². The Kier molecular flexibility index (Phi) is 8.43. The smallest absolute Gasteiger partial charge is 0.329 e. The minimum Gasteiger partial charge on any atom is -0.493 e. The first-order chi connectivity index (χ1) is 15.9. The van der Waals surface area contributed by atoms with E-state index in [2.05, 4.69) is 15.8 Å². The summed E-state index contributed by atoms with van der Waals surface area (Å²) in [6.07, 6.45) is 1.41. The molecule has 0 saturated heterocycles. The lowest BCUT2D eigenvalue weighted by Crippen LogP contribution is -2.37. The largest absolute Gasteiger partial charge is 0.493 e. The van der Waals surface area contributed by atoms with Crippen molar-refractivity contribution in [1.82, 2.24) is 10.7 Å². The summed E-state index contributed by atoms with van der Waals surface area (Å²) >= 11 is 5.90. The van der Waals surface area contributed by atoms with Gasteiger partial charge in [-0.25, -0.2) is 5.43 Å². The predicted octanol–water partition coefficient (Wildman–Crippen LogP) is 4.00. The summed E-state index contributed by atoms with van der Waals surface area (Å²) in [7, 11) is 1.53. The number of carbonyl (C=O) groups is 2. The number of benzene rings is 3. The molecular weight excluding hydrogens is 442 g/mol. The fourth-order valence-electron chi connectivity index (χ4n) is 2.81. The van der Waals surface area contributed by atoms with E-state index in [0.717, 1.165) is 16.7 Å². The van der Waals surface area contributed by atoms with E-state index in [4.69, 9.17) is 21.1 Å². The van der Waals surface area contributed by atoms with Crippen LogP contribution in [0, 0.1) is 6.92 Å². The molecule has 3 aromatic rings. The molecule has 0 aliphatic carbocycles. The Morgan fingerprint density at radius 1 is 0.939 bits per heavy atom. The van der Waals surface area contributed by atoms with Crippen molar-refractivity contribution in [2.24, 2.45) is 5.10 Å². The van der Waals surface area contributed by atoms with Crippen molar-refractivity contribution in [3.05, 3.63) is 94.0 Å². The van der Waals surface area contributed by atoms with Crippen molar-refractivity contribution in [3.8, 4) is 11.5 Å². The molecule has 33 heavy (non-hydrogen) atoms. The number of nitrogens with zero attached hydrogens (tertiary/aromatic N) is 1. The number of nitrogens with one attached hydrogen (secondary N) is 2. The summed E-state index contributed by atoms with van der Waals surface area (Å²) in [6.45, 7) is 2.59. The number of rotatable bonds is 8. The third-order valence-electron chi connectivity index (χ3n) is 4.65. The first-order valence-corrected chi connectivity index (χ1v) is 10.5. The molecule has 0 heterocycles. The number of ether oxygens (including phenoxy) is 2. The second-order valence-corrected chi connectivity index (χ2v) is 7.63. The highest BCUT2D eigenvalue weighted by Gasteiger charge is 2.12. The van der Waals surface area contributed by atoms with Crippen molar-refractivity contribution < 1.29 is 19.1 Å². The molecule has 0 unspecified atom stereocenters. The average molecular weight is 466 g/mol. The van der Waals surface area contributed by atoms with Crippen LogP contribution in [0.25, 0.3) is 0 Å². The number of aryl methyl sites for hydroxylation is 1. The van der Waals surface area contributed by atoms with Gasteiger partial charge in [-0.2, -0.15) is 5.10 Å². The minimum absolute atomic E-state index is 0.255. The summed E-state index contributed by atoms with van der Waals surface area (Å²) in [5.41, 5.74) is 5.86. The molecule has 0 saturated carbocycles. The summed E-state index contributed by atoms with van der Waals surface area (Å²) in [4.78, 5) is 23.9. The number of hydrogen-bond acceptors (Lipinski definition) is 5. The van der Waals surface area contributed by atoms with Gasteiger partial charge in [0.25, 0.3) is 0 Å². The first kappa shape index (κ1) is 23.8. The predicted molar refractivity (Wildman–Crippen MR) is 128 cm³/mol. The summed E-state index contributed by atoms with van der Waals surface area (Å²) in [6, 6.07) is 20.2. The van der Waals surface area contributed by atoms with Gasteiger partial charge < -0.3 is 14.8 Å². The lowest BCUT2D eigenvalue weighted by molar-refractivity contribution is -0.139. The number of methoxy groups -OCH3 is 1. The van der Waals surface area contributed by atoms with Gasteiger partial charge in [-0.15, -0.1) is 0 Å². The lowest BCUT2D eigenvalue weighted by Gasteiger charge is -2.11. The van der Waals surface area contributed by atoms with E-state index < -0.39 is 11.8 Å². The van der Waals surface area contributed by atoms with Crippen LogP contribution in [0.5, 0.6) is 11.5 Å². The van der Waals surface area contributed by atoms with Gasteiger partial charge in [-0.1, -0.05) is 53.6 Å². The standard InChI is InChI=1S/C25H24ClN3O4/c1-17-3-5-18(6-4-17)14-27-24(30)25(31)29-28-15-20-9-12-22(23(13-20)32-2)33-16-19-7-10-21(26)11-8-19/h3-13,15H,14,16H2,1-2H3,(H,27,30)(H,29,31)/b28-15-. The van der Waals surface area contributed by atoms with Crippen LogP contribution >= 0.6 is 11.6 Å². The fourth-order valence-corrected chi connectivity index (χ4v) is 2.94. The van der Waals surface area contributed by atoms with Crippen molar-refractivity contribution in [2.75, 3.05) is 7.11 Å². The van der Waals surface area contributed by atoms with Gasteiger partial charge in [0, 0.05) is 11.6 Å². The Bertz CT molecular complexity index is 1130. The van der Waals surface area contributed by atoms with E-state index in [1.807, 2.05) is 43.3 Å². The second-order valence-electron chi connectivity index (χ2n) is 7.19. The van der Waals surface area contributed by atoms with Crippen LogP contribution in [0.4, 0.5) is 0 Å². The molecule has 0 radical (unpaired) electrons. The van der Waals surface area contributed by atoms with E-state index in [9.17, 15) is 9.59 Å². The minimum atomic E-state index is -0.853. The van der Waals surface area contributed by atoms with E-state index in [1.54, 1.807) is 30.3 Å². The molecule has 0 fully saturated rings. The third kappa shape index (κ3) is 7.36. The number of halogens is 1. The Balaban J connectivity index is 1.51. The zero-order valence-electron chi connectivity index (χ0n) is 18.3. The Hall–Kier alpha value is -3.84. The highest BCUT2D eigenvalue weighted by atomic mass is 35.5. The van der Waals surface area contributed by atoms with Gasteiger partial charge >= 0.3 is 11.8 Å². The summed E-state index contributed by atoms with van der Waals surface area (Å²) in [5, 5.41) is 7.06. The first-order valence-electron chi connectivity index (χ1n) is 10.2. The number of carbonyl (C=O) groups excluding carboxylic acids is 2. The summed E-state index contributed by atoms with van der Waals surface area (Å²) < 4.78 is 11.2. The van der Waals surface area contributed by atoms with Gasteiger partial charge in [-0.3, -0.25) is 9.59 Å². The van der Waals surface area contributed by atoms with Gasteiger partial charge in [0.15, 0.2) is 11.5 Å². The molecule has 8 heteroatoms. The molecule has 2 N–H and O–H groups in total. The average Bonchev–Trinajstić information content (AvgIpc) is 2.83. The van der Waals surface area contributed by atoms with Crippen LogP contribution < -0.4 is 20.2 Å². The maximum absolute atomic E-state index is 11.9. The van der Waals surface area contributed by atoms with Crippen LogP contribution in [0.2, 0.25) is 5.02 Å². The second kappa shape index (κ2) is 11.7. The van der Waals surface area contributed by atoms with Crippen molar-refractivity contribution in [1.29, 1.82) is 0 Å². The van der Waals surface area contributed by atoms with E-state index in [-0.39, 0.29) is 6.54 Å². The Labute approximate surface area is 197 Å². The van der Waals surface area contributed by atoms with Crippen LogP contribution in [0.15, 0.2) is 71.8 Å². The molecule has 2 amide bonds. The van der Waals surface area contributed by atoms with Crippen LogP contribution in [-0.4, -0.2) is 25.1 Å². The molecular formula is C25H24ClN3O4. The molecule has 0 spiro atoms. The Morgan fingerprint density at radius 2 is 1.64 bits per heavy atom. The normalized spacial score (nSPS) is 10.6. The van der Waals surface area contributed by atoms with Crippen LogP contribution in [-0.2, 0) is 22.7 Å². The molecule has 0 aliphatic heterocycles. The molecule has 7 nitrogen and oxygen atoms in total. The van der Waals surface area contributed by atoms with Crippen molar-refractivity contribution in [3.63, 3.8) is 0 Å². The van der Waals surface area contributed by atoms with Crippen LogP contribution in [0.3, 0.4) is 0 Å². The quantitative estimate of drug-likeness (QED) is 0.299. The van der Waals surface area contributed by atoms with Gasteiger partial charge in [0.1, 0.15) is 6.61 Å². The van der Waals surface area contributed by atoms with Gasteiger partial charge in [-0.05, 0) is 53.9 Å². The molecule has 170 valence electrons. The van der Waals surface area contributed by atoms with Gasteiger partial charge in [0.2, 0.25) is 0 Å². The molecule has 3 aromatic carbocycles. The van der Waals surface area contributed by atoms with Crippen molar-refractivity contribution in [2.45, 2.75) is 20.1 Å². The SMILES string of the molecule is COc1cc(/C=N\NC(=O)C(=O)NCc2ccc(C)cc2)ccc1OCc1ccc(Cl)cc1. The van der Waals surface area contributed by atoms with E-state index in [1.165, 1.54) is 13.3 Å².